The van der Waals surface area contributed by atoms with Gasteiger partial charge in [-0.25, -0.2) is 8.78 Å². The van der Waals surface area contributed by atoms with Crippen LogP contribution in [0.1, 0.15) is 30.9 Å². The van der Waals surface area contributed by atoms with Gasteiger partial charge in [-0.15, -0.1) is 0 Å². The average molecular weight is 240 g/mol. The van der Waals surface area contributed by atoms with Crippen LogP contribution in [0.2, 0.25) is 0 Å². The second-order valence-corrected chi connectivity index (χ2v) is 4.63. The van der Waals surface area contributed by atoms with Crippen LogP contribution in [0.25, 0.3) is 0 Å². The first kappa shape index (κ1) is 12.2. The van der Waals surface area contributed by atoms with Crippen LogP contribution in [-0.2, 0) is 15.1 Å². The molecule has 1 unspecified atom stereocenters. The van der Waals surface area contributed by atoms with Crippen molar-refractivity contribution >= 4 is 5.78 Å². The van der Waals surface area contributed by atoms with Gasteiger partial charge in [-0.2, -0.15) is 0 Å². The fourth-order valence-corrected chi connectivity index (χ4v) is 2.13. The number of carbonyl (C=O) groups excluding carboxylic acids is 1. The van der Waals surface area contributed by atoms with Crippen LogP contribution in [0.3, 0.4) is 0 Å². The normalized spacial score (nSPS) is 25.1. The highest BCUT2D eigenvalue weighted by Crippen LogP contribution is 2.35. The van der Waals surface area contributed by atoms with Crippen molar-refractivity contribution in [3.05, 3.63) is 34.9 Å². The summed E-state index contributed by atoms with van der Waals surface area (Å²) in [5, 5.41) is 0. The van der Waals surface area contributed by atoms with E-state index in [4.69, 9.17) is 4.74 Å². The van der Waals surface area contributed by atoms with Gasteiger partial charge < -0.3 is 4.74 Å². The number of ketones is 1. The summed E-state index contributed by atoms with van der Waals surface area (Å²) in [5.41, 5.74) is -0.681. The molecule has 0 bridgehead atoms. The van der Waals surface area contributed by atoms with E-state index in [1.807, 2.05) is 0 Å². The first-order valence-corrected chi connectivity index (χ1v) is 5.54. The van der Waals surface area contributed by atoms with E-state index in [1.54, 1.807) is 6.92 Å². The van der Waals surface area contributed by atoms with E-state index in [-0.39, 0.29) is 29.9 Å². The van der Waals surface area contributed by atoms with Gasteiger partial charge in [0, 0.05) is 18.4 Å². The highest BCUT2D eigenvalue weighted by molar-refractivity contribution is 5.80. The quantitative estimate of drug-likeness (QED) is 0.754. The second kappa shape index (κ2) is 4.18. The predicted molar refractivity (Wildman–Crippen MR) is 58.6 cm³/mol. The van der Waals surface area contributed by atoms with Crippen LogP contribution in [0.5, 0.6) is 0 Å². The number of benzene rings is 1. The lowest BCUT2D eigenvalue weighted by atomic mass is 9.86. The fraction of sp³-hybridized carbons (Fsp3) is 0.462. The van der Waals surface area contributed by atoms with Crippen LogP contribution >= 0.6 is 0 Å². The zero-order valence-corrected chi connectivity index (χ0v) is 9.85. The van der Waals surface area contributed by atoms with Gasteiger partial charge in [0.05, 0.1) is 6.61 Å². The van der Waals surface area contributed by atoms with Gasteiger partial charge in [0.25, 0.3) is 0 Å². The van der Waals surface area contributed by atoms with Crippen molar-refractivity contribution in [1.29, 1.82) is 0 Å². The molecule has 1 saturated heterocycles. The van der Waals surface area contributed by atoms with Gasteiger partial charge in [0.2, 0.25) is 0 Å². The van der Waals surface area contributed by atoms with Crippen molar-refractivity contribution in [2.45, 2.75) is 32.3 Å². The largest absolute Gasteiger partial charge is 0.370 e. The van der Waals surface area contributed by atoms with Crippen LogP contribution in [0, 0.1) is 18.6 Å². The Kier molecular flexibility index (Phi) is 3.00. The topological polar surface area (TPSA) is 26.3 Å². The Morgan fingerprint density at radius 2 is 2.00 bits per heavy atom. The fourth-order valence-electron chi connectivity index (χ4n) is 2.13. The maximum atomic E-state index is 13.8. The lowest BCUT2D eigenvalue weighted by molar-refractivity contribution is -0.139. The monoisotopic (exact) mass is 240 g/mol. The molecule has 0 aromatic heterocycles. The average Bonchev–Trinajstić information content (AvgIpc) is 2.23. The first-order chi connectivity index (χ1) is 7.92. The van der Waals surface area contributed by atoms with Crippen molar-refractivity contribution in [2.24, 2.45) is 0 Å². The van der Waals surface area contributed by atoms with Gasteiger partial charge in [-0.3, -0.25) is 4.79 Å². The molecule has 17 heavy (non-hydrogen) atoms. The van der Waals surface area contributed by atoms with E-state index in [1.165, 1.54) is 6.92 Å². The van der Waals surface area contributed by atoms with E-state index in [0.29, 0.717) is 6.42 Å². The number of aryl methyl sites for hydroxylation is 1. The standard InChI is InChI=1S/C13H14F2O2/c1-8-5-12(15)10(6-11(8)14)13(2)7-9(16)3-4-17-13/h5-6H,3-4,7H2,1-2H3. The number of hydrogen-bond donors (Lipinski definition) is 0. The molecule has 0 radical (unpaired) electrons. The molecule has 4 heteroatoms. The third kappa shape index (κ3) is 2.22. The molecular formula is C13H14F2O2. The van der Waals surface area contributed by atoms with E-state index in [0.717, 1.165) is 12.1 Å². The molecule has 2 rings (SSSR count). The summed E-state index contributed by atoms with van der Waals surface area (Å²) in [5.74, 6) is -0.996. The minimum atomic E-state index is -1.05. The molecule has 1 aliphatic heterocycles. The van der Waals surface area contributed by atoms with E-state index < -0.39 is 17.2 Å². The van der Waals surface area contributed by atoms with E-state index in [2.05, 4.69) is 0 Å². The molecule has 0 saturated carbocycles. The van der Waals surface area contributed by atoms with Crippen molar-refractivity contribution in [1.82, 2.24) is 0 Å². The minimum absolute atomic E-state index is 0.0131. The van der Waals surface area contributed by atoms with Gasteiger partial charge in [0.1, 0.15) is 23.0 Å². The van der Waals surface area contributed by atoms with Crippen molar-refractivity contribution < 1.29 is 18.3 Å². The summed E-state index contributed by atoms with van der Waals surface area (Å²) in [6, 6.07) is 2.27. The maximum Gasteiger partial charge on any atom is 0.138 e. The zero-order valence-electron chi connectivity index (χ0n) is 9.85. The number of carbonyl (C=O) groups is 1. The lowest BCUT2D eigenvalue weighted by Crippen LogP contribution is -2.35. The van der Waals surface area contributed by atoms with Gasteiger partial charge >= 0.3 is 0 Å². The number of halogens is 2. The molecule has 2 nitrogen and oxygen atoms in total. The summed E-state index contributed by atoms with van der Waals surface area (Å²) < 4.78 is 32.8. The molecule has 1 fully saturated rings. The molecule has 1 aliphatic rings. The van der Waals surface area contributed by atoms with E-state index >= 15 is 0 Å². The lowest BCUT2D eigenvalue weighted by Gasteiger charge is -2.33. The minimum Gasteiger partial charge on any atom is -0.370 e. The number of hydrogen-bond acceptors (Lipinski definition) is 2. The molecule has 1 aromatic rings. The summed E-state index contributed by atoms with van der Waals surface area (Å²) in [4.78, 5) is 11.4. The second-order valence-electron chi connectivity index (χ2n) is 4.63. The maximum absolute atomic E-state index is 13.8. The molecule has 0 spiro atoms. The highest BCUT2D eigenvalue weighted by Gasteiger charge is 2.36. The molecule has 1 aromatic carbocycles. The summed E-state index contributed by atoms with van der Waals surface area (Å²) in [6.07, 6.45) is 0.429. The number of rotatable bonds is 1. The predicted octanol–water partition coefficient (Wildman–Crippen LogP) is 2.87. The Balaban J connectivity index is 2.45. The van der Waals surface area contributed by atoms with Gasteiger partial charge in [-0.1, -0.05) is 0 Å². The molecule has 0 N–H and O–H groups in total. The third-order valence-electron chi connectivity index (χ3n) is 3.15. The molecule has 1 heterocycles. The Morgan fingerprint density at radius 3 is 2.65 bits per heavy atom. The van der Waals surface area contributed by atoms with Gasteiger partial charge in [-0.05, 0) is 31.5 Å². The molecule has 0 aliphatic carbocycles. The van der Waals surface area contributed by atoms with Crippen LogP contribution in [0.15, 0.2) is 12.1 Å². The van der Waals surface area contributed by atoms with Crippen LogP contribution in [-0.4, -0.2) is 12.4 Å². The van der Waals surface area contributed by atoms with Gasteiger partial charge in [0.15, 0.2) is 0 Å². The van der Waals surface area contributed by atoms with E-state index in [9.17, 15) is 13.6 Å². The SMILES string of the molecule is Cc1cc(F)c(C2(C)CC(=O)CCO2)cc1F. The molecular weight excluding hydrogens is 226 g/mol. The Bertz CT molecular complexity index is 471. The van der Waals surface area contributed by atoms with Crippen molar-refractivity contribution in [3.63, 3.8) is 0 Å². The molecule has 92 valence electrons. The Labute approximate surface area is 98.6 Å². The summed E-state index contributed by atoms with van der Waals surface area (Å²) in [6.45, 7) is 3.37. The zero-order chi connectivity index (χ0) is 12.6. The molecule has 0 amide bonds. The molecule has 1 atom stereocenters. The van der Waals surface area contributed by atoms with Crippen molar-refractivity contribution in [2.75, 3.05) is 6.61 Å². The number of Topliss-reactive ketones (excluding diaryl/α,β-unsaturated/α-hetero) is 1. The van der Waals surface area contributed by atoms with Crippen LogP contribution < -0.4 is 0 Å². The third-order valence-corrected chi connectivity index (χ3v) is 3.15. The first-order valence-electron chi connectivity index (χ1n) is 5.54. The number of ether oxygens (including phenoxy) is 1. The smallest absolute Gasteiger partial charge is 0.138 e. The Hall–Kier alpha value is -1.29. The van der Waals surface area contributed by atoms with Crippen molar-refractivity contribution in [3.8, 4) is 0 Å². The van der Waals surface area contributed by atoms with Crippen LogP contribution in [0.4, 0.5) is 8.78 Å². The highest BCUT2D eigenvalue weighted by atomic mass is 19.1. The summed E-state index contributed by atoms with van der Waals surface area (Å²) in [7, 11) is 0. The Morgan fingerprint density at radius 1 is 1.29 bits per heavy atom. The summed E-state index contributed by atoms with van der Waals surface area (Å²) >= 11 is 0.